The molecule has 3 atom stereocenters. The number of ether oxygens (including phenoxy) is 2. The van der Waals surface area contributed by atoms with Crippen LogP contribution < -0.4 is 15.5 Å². The molecule has 1 saturated heterocycles. The van der Waals surface area contributed by atoms with Gasteiger partial charge in [-0.15, -0.1) is 0 Å². The monoisotopic (exact) mass is 537 g/mol. The number of halogens is 2. The number of pyridine rings is 1. The zero-order valence-corrected chi connectivity index (χ0v) is 21.3. The Kier molecular flexibility index (Phi) is 6.20. The first kappa shape index (κ1) is 24.6. The van der Waals surface area contributed by atoms with Crippen LogP contribution in [0.4, 0.5) is 4.39 Å². The molecule has 0 spiro atoms. The summed E-state index contributed by atoms with van der Waals surface area (Å²) in [5, 5.41) is 2.60. The highest BCUT2D eigenvalue weighted by atomic mass is 35.5. The van der Waals surface area contributed by atoms with Gasteiger partial charge < -0.3 is 24.3 Å². The molecule has 4 heterocycles. The average Bonchev–Trinajstić information content (AvgIpc) is 3.51. The number of amides is 2. The Morgan fingerprint density at radius 3 is 2.76 bits per heavy atom. The lowest BCUT2D eigenvalue weighted by Gasteiger charge is -2.37. The summed E-state index contributed by atoms with van der Waals surface area (Å²) in [6.45, 7) is 2.20. The Hall–Kier alpha value is -3.69. The summed E-state index contributed by atoms with van der Waals surface area (Å²) < 4.78 is 28.2. The lowest BCUT2D eigenvalue weighted by atomic mass is 10.1. The van der Waals surface area contributed by atoms with E-state index in [-0.39, 0.29) is 58.8 Å². The van der Waals surface area contributed by atoms with Crippen molar-refractivity contribution in [2.75, 3.05) is 6.54 Å². The Bertz CT molecular complexity index is 1510. The topological polar surface area (TPSA) is 89.9 Å². The fraction of sp³-hybridized carbons (Fsp3) is 0.321. The van der Waals surface area contributed by atoms with Gasteiger partial charge >= 0.3 is 0 Å². The number of fused-ring (bicyclic) bond motifs is 2. The Balaban J connectivity index is 1.43. The molecular weight excluding hydrogens is 513 g/mol. The second-order valence-corrected chi connectivity index (χ2v) is 10.2. The molecule has 0 radical (unpaired) electrons. The van der Waals surface area contributed by atoms with Crippen molar-refractivity contribution in [1.82, 2.24) is 14.8 Å². The number of carbonyl (C=O) groups is 2. The number of nitrogens with zero attached hydrogens (tertiary/aromatic N) is 2. The molecule has 0 saturated carbocycles. The number of rotatable bonds is 6. The third-order valence-corrected chi connectivity index (χ3v) is 7.62. The Morgan fingerprint density at radius 1 is 1.18 bits per heavy atom. The van der Waals surface area contributed by atoms with Crippen molar-refractivity contribution < 1.29 is 23.5 Å². The van der Waals surface area contributed by atoms with Gasteiger partial charge in [0.1, 0.15) is 18.0 Å². The van der Waals surface area contributed by atoms with Gasteiger partial charge in [-0.2, -0.15) is 0 Å². The maximum absolute atomic E-state index is 14.4. The van der Waals surface area contributed by atoms with Crippen LogP contribution in [0.2, 0.25) is 5.02 Å². The minimum atomic E-state index is -0.666. The van der Waals surface area contributed by atoms with Gasteiger partial charge in [0.2, 0.25) is 5.43 Å². The van der Waals surface area contributed by atoms with Crippen LogP contribution in [0.5, 0.6) is 5.75 Å². The van der Waals surface area contributed by atoms with Crippen LogP contribution in [0, 0.1) is 5.82 Å². The van der Waals surface area contributed by atoms with Crippen molar-refractivity contribution in [2.24, 2.45) is 0 Å². The maximum atomic E-state index is 14.4. The minimum Gasteiger partial charge on any atom is -0.483 e. The van der Waals surface area contributed by atoms with Gasteiger partial charge in [0.15, 0.2) is 17.7 Å². The van der Waals surface area contributed by atoms with Crippen LogP contribution in [0.3, 0.4) is 0 Å². The molecule has 2 unspecified atom stereocenters. The molecule has 0 aliphatic carbocycles. The van der Waals surface area contributed by atoms with Crippen LogP contribution in [-0.2, 0) is 24.3 Å². The number of aromatic nitrogens is 1. The van der Waals surface area contributed by atoms with Crippen molar-refractivity contribution >= 4 is 23.4 Å². The molecule has 2 aromatic carbocycles. The van der Waals surface area contributed by atoms with Gasteiger partial charge in [-0.1, -0.05) is 54.1 Å². The third kappa shape index (κ3) is 3.97. The van der Waals surface area contributed by atoms with Crippen molar-refractivity contribution in [2.45, 2.75) is 51.3 Å². The molecule has 1 N–H and O–H groups in total. The van der Waals surface area contributed by atoms with Crippen LogP contribution >= 0.6 is 11.6 Å². The van der Waals surface area contributed by atoms with E-state index in [2.05, 4.69) is 5.32 Å². The zero-order valence-electron chi connectivity index (χ0n) is 20.6. The number of nitrogens with one attached hydrogen (secondary N) is 1. The molecule has 38 heavy (non-hydrogen) atoms. The fourth-order valence-electron chi connectivity index (χ4n) is 5.63. The second kappa shape index (κ2) is 9.56. The highest BCUT2D eigenvalue weighted by Gasteiger charge is 2.50. The minimum absolute atomic E-state index is 0.0471. The highest BCUT2D eigenvalue weighted by molar-refractivity contribution is 6.30. The highest BCUT2D eigenvalue weighted by Crippen LogP contribution is 2.43. The fourth-order valence-corrected chi connectivity index (χ4v) is 5.82. The number of hydrogen-bond acceptors (Lipinski definition) is 5. The molecule has 8 nitrogen and oxygen atoms in total. The van der Waals surface area contributed by atoms with E-state index in [4.69, 9.17) is 21.1 Å². The van der Waals surface area contributed by atoms with Gasteiger partial charge in [0.25, 0.3) is 11.8 Å². The third-order valence-electron chi connectivity index (χ3n) is 7.33. The summed E-state index contributed by atoms with van der Waals surface area (Å²) in [5.74, 6) is -1.81. The summed E-state index contributed by atoms with van der Waals surface area (Å²) in [4.78, 5) is 42.6. The van der Waals surface area contributed by atoms with Crippen LogP contribution in [0.1, 0.15) is 57.1 Å². The standard InChI is InChI=1S/C28H25ClFN3O5/c1-15-13-32-27(36)23-25(37-14-16-6-3-2-4-7-16)24(34)21(19-10-11-20(33(19)23)28(32)38-15)26(35)31-12-17-8-5-9-18(29)22(17)30/h2-9,15,20,28H,10-14H2,1H3,(H,31,35)/t15-,20?,28?/m1/s1. The number of carbonyl (C=O) groups excluding carboxylic acids is 2. The molecule has 3 aromatic rings. The molecule has 1 fully saturated rings. The molecular formula is C28H25ClFN3O5. The van der Waals surface area contributed by atoms with E-state index in [1.54, 1.807) is 15.5 Å². The van der Waals surface area contributed by atoms with Crippen LogP contribution in [0.25, 0.3) is 0 Å². The van der Waals surface area contributed by atoms with Gasteiger partial charge in [0, 0.05) is 24.3 Å². The van der Waals surface area contributed by atoms with Crippen molar-refractivity contribution in [1.29, 1.82) is 0 Å². The van der Waals surface area contributed by atoms with Crippen molar-refractivity contribution in [3.63, 3.8) is 0 Å². The van der Waals surface area contributed by atoms with Crippen molar-refractivity contribution in [3.8, 4) is 5.75 Å². The van der Waals surface area contributed by atoms with E-state index in [1.165, 1.54) is 12.1 Å². The number of hydrogen-bond donors (Lipinski definition) is 1. The van der Waals surface area contributed by atoms with E-state index in [0.29, 0.717) is 25.1 Å². The Morgan fingerprint density at radius 2 is 1.97 bits per heavy atom. The molecule has 196 valence electrons. The first-order valence-corrected chi connectivity index (χ1v) is 12.9. The second-order valence-electron chi connectivity index (χ2n) is 9.77. The normalized spacial score (nSPS) is 21.3. The van der Waals surface area contributed by atoms with E-state index in [9.17, 15) is 18.8 Å². The van der Waals surface area contributed by atoms with E-state index < -0.39 is 23.4 Å². The predicted molar refractivity (Wildman–Crippen MR) is 137 cm³/mol. The smallest absolute Gasteiger partial charge is 0.276 e. The van der Waals surface area contributed by atoms with E-state index >= 15 is 0 Å². The first-order chi connectivity index (χ1) is 18.3. The summed E-state index contributed by atoms with van der Waals surface area (Å²) >= 11 is 5.87. The van der Waals surface area contributed by atoms with Gasteiger partial charge in [-0.25, -0.2) is 4.39 Å². The van der Waals surface area contributed by atoms with E-state index in [0.717, 1.165) is 5.56 Å². The summed E-state index contributed by atoms with van der Waals surface area (Å²) in [7, 11) is 0. The largest absolute Gasteiger partial charge is 0.483 e. The molecule has 3 aliphatic heterocycles. The summed E-state index contributed by atoms with van der Waals surface area (Å²) in [5.41, 5.74) is 0.846. The molecule has 0 bridgehead atoms. The summed E-state index contributed by atoms with van der Waals surface area (Å²) in [6.07, 6.45) is 0.375. The van der Waals surface area contributed by atoms with Crippen molar-refractivity contribution in [3.05, 3.63) is 97.7 Å². The molecule has 3 aliphatic rings. The molecule has 1 aromatic heterocycles. The first-order valence-electron chi connectivity index (χ1n) is 12.5. The van der Waals surface area contributed by atoms with E-state index in [1.807, 2.05) is 37.3 Å². The Labute approximate surface area is 222 Å². The lowest BCUT2D eigenvalue weighted by Crippen LogP contribution is -2.49. The molecule has 2 amide bonds. The van der Waals surface area contributed by atoms with Gasteiger partial charge in [-0.05, 0) is 31.4 Å². The number of benzene rings is 2. The molecule has 10 heteroatoms. The lowest BCUT2D eigenvalue weighted by molar-refractivity contribution is -0.0310. The maximum Gasteiger partial charge on any atom is 0.276 e. The zero-order chi connectivity index (χ0) is 26.6. The van der Waals surface area contributed by atoms with Gasteiger partial charge in [-0.3, -0.25) is 14.4 Å². The summed E-state index contributed by atoms with van der Waals surface area (Å²) in [6, 6.07) is 13.5. The quantitative estimate of drug-likeness (QED) is 0.516. The van der Waals surface area contributed by atoms with Crippen LogP contribution in [-0.4, -0.2) is 40.2 Å². The molecule has 6 rings (SSSR count). The average molecular weight is 538 g/mol. The SMILES string of the molecule is C[C@@H]1CN2C(=O)c3c(OCc4ccccc4)c(=O)c(C(=O)NCc4cccc(Cl)c4F)c4n3C(CC4)C2O1. The predicted octanol–water partition coefficient (Wildman–Crippen LogP) is 3.84. The van der Waals surface area contributed by atoms with Crippen LogP contribution in [0.15, 0.2) is 53.3 Å². The van der Waals surface area contributed by atoms with Gasteiger partial charge in [0.05, 0.1) is 17.2 Å².